The van der Waals surface area contributed by atoms with Gasteiger partial charge in [-0.05, 0) is 23.6 Å². The first-order valence-electron chi connectivity index (χ1n) is 13.3. The van der Waals surface area contributed by atoms with E-state index in [9.17, 15) is 9.59 Å². The summed E-state index contributed by atoms with van der Waals surface area (Å²) in [5, 5.41) is 0. The van der Waals surface area contributed by atoms with Crippen molar-refractivity contribution in [1.29, 1.82) is 0 Å². The van der Waals surface area contributed by atoms with Crippen LogP contribution in [-0.4, -0.2) is 33.9 Å². The van der Waals surface area contributed by atoms with E-state index in [1.165, 1.54) is 16.8 Å². The van der Waals surface area contributed by atoms with E-state index < -0.39 is 0 Å². The van der Waals surface area contributed by atoms with Gasteiger partial charge < -0.3 is 26.8 Å². The topological polar surface area (TPSA) is 49.4 Å². The molecule has 0 radical (unpaired) electrons. The number of benzene rings is 3. The molecule has 0 N–H and O–H groups in total. The van der Waals surface area contributed by atoms with Crippen LogP contribution in [0, 0.1) is 6.92 Å². The molecule has 1 saturated heterocycles. The van der Waals surface area contributed by atoms with Crippen LogP contribution < -0.4 is 26.4 Å². The number of imidazole rings is 1. The number of hydrogen-bond donors (Lipinski definition) is 0. The quantitative estimate of drug-likeness (QED) is 0.244. The van der Waals surface area contributed by atoms with Crippen LogP contribution in [0.4, 0.5) is 5.69 Å². The molecule has 1 fully saturated rings. The largest absolute Gasteiger partial charge is 1.00 e. The van der Waals surface area contributed by atoms with Gasteiger partial charge in [0.05, 0.1) is 0 Å². The summed E-state index contributed by atoms with van der Waals surface area (Å²) < 4.78 is 3.88. The number of aromatic nitrogens is 2. The van der Waals surface area contributed by atoms with Crippen molar-refractivity contribution in [3.8, 4) is 0 Å². The van der Waals surface area contributed by atoms with Gasteiger partial charge in [0.15, 0.2) is 13.1 Å². The monoisotopic (exact) mass is 584 g/mol. The highest BCUT2D eigenvalue weighted by molar-refractivity contribution is 5.95. The number of amides is 1. The molecular formula is C32H33BrN4O2. The number of halogens is 1. The fourth-order valence-corrected chi connectivity index (χ4v) is 6.27. The lowest BCUT2D eigenvalue weighted by molar-refractivity contribution is -0.688. The molecule has 2 atom stereocenters. The summed E-state index contributed by atoms with van der Waals surface area (Å²) in [5.41, 5.74) is 4.35. The molecule has 3 heterocycles. The van der Waals surface area contributed by atoms with E-state index in [0.29, 0.717) is 5.56 Å². The van der Waals surface area contributed by atoms with Gasteiger partial charge in [0.1, 0.15) is 18.6 Å². The molecule has 0 aliphatic carbocycles. The minimum absolute atomic E-state index is 0. The van der Waals surface area contributed by atoms with Gasteiger partial charge in [-0.1, -0.05) is 85.8 Å². The fourth-order valence-electron chi connectivity index (χ4n) is 6.27. The van der Waals surface area contributed by atoms with Crippen LogP contribution in [0.15, 0.2) is 97.3 Å². The van der Waals surface area contributed by atoms with E-state index in [4.69, 9.17) is 0 Å². The maximum Gasteiger partial charge on any atom is 0.266 e. The maximum absolute atomic E-state index is 13.9. The zero-order valence-electron chi connectivity index (χ0n) is 22.3. The number of fused-ring (bicyclic) bond motifs is 3. The molecule has 1 amide bonds. The van der Waals surface area contributed by atoms with Gasteiger partial charge in [0.25, 0.3) is 11.7 Å². The standard InChI is InChI=1S/C32H33N4O2.BrH/c1-24-33(22-29(37)26-13-7-4-8-14-26)19-20-34(24)23-30(38)35-18-17-32(2)27-15-9-10-16-28(27)36(31(32)35)21-25-11-5-3-6-12-25;/h3-16,19-20,31H,17-18,21-23H2,1-2H3;1H/q+1;/p-1. The first-order chi connectivity index (χ1) is 18.5. The van der Waals surface area contributed by atoms with Gasteiger partial charge in [-0.25, -0.2) is 9.13 Å². The van der Waals surface area contributed by atoms with Crippen molar-refractivity contribution < 1.29 is 31.1 Å². The third-order valence-corrected chi connectivity index (χ3v) is 8.35. The van der Waals surface area contributed by atoms with Gasteiger partial charge in [-0.3, -0.25) is 9.59 Å². The normalized spacial score (nSPS) is 19.4. The van der Waals surface area contributed by atoms with Crippen molar-refractivity contribution in [2.45, 2.75) is 51.5 Å². The van der Waals surface area contributed by atoms with Crippen molar-refractivity contribution in [3.05, 3.63) is 120 Å². The number of ketones is 1. The molecule has 4 aromatic rings. The van der Waals surface area contributed by atoms with Crippen molar-refractivity contribution in [1.82, 2.24) is 9.47 Å². The second-order valence-electron chi connectivity index (χ2n) is 10.6. The van der Waals surface area contributed by atoms with Crippen LogP contribution in [0.2, 0.25) is 0 Å². The van der Waals surface area contributed by atoms with Crippen LogP contribution in [0.3, 0.4) is 0 Å². The summed E-state index contributed by atoms with van der Waals surface area (Å²) in [6.07, 6.45) is 4.70. The first-order valence-corrected chi connectivity index (χ1v) is 13.3. The molecule has 2 aliphatic heterocycles. The summed E-state index contributed by atoms with van der Waals surface area (Å²) in [6, 6.07) is 28.4. The average molecular weight is 586 g/mol. The van der Waals surface area contributed by atoms with Crippen molar-refractivity contribution >= 4 is 17.4 Å². The molecule has 200 valence electrons. The molecule has 2 unspecified atom stereocenters. The van der Waals surface area contributed by atoms with Gasteiger partial charge in [-0.2, -0.15) is 0 Å². The molecular weight excluding hydrogens is 552 g/mol. The number of rotatable bonds is 7. The van der Waals surface area contributed by atoms with Gasteiger partial charge in [-0.15, -0.1) is 0 Å². The molecule has 3 aromatic carbocycles. The second kappa shape index (κ2) is 10.8. The minimum atomic E-state index is -0.116. The summed E-state index contributed by atoms with van der Waals surface area (Å²) in [4.78, 5) is 31.1. The second-order valence-corrected chi connectivity index (χ2v) is 10.6. The highest BCUT2D eigenvalue weighted by Crippen LogP contribution is 2.52. The Bertz CT molecular complexity index is 1490. The van der Waals surface area contributed by atoms with Gasteiger partial charge >= 0.3 is 0 Å². The number of likely N-dealkylation sites (tertiary alicyclic amines) is 1. The van der Waals surface area contributed by atoms with E-state index in [0.717, 1.165) is 25.3 Å². The van der Waals surface area contributed by atoms with E-state index in [1.807, 2.05) is 64.8 Å². The average Bonchev–Trinajstić information content (AvgIpc) is 3.55. The van der Waals surface area contributed by atoms with Gasteiger partial charge in [0.2, 0.25) is 5.78 Å². The summed E-state index contributed by atoms with van der Waals surface area (Å²) in [5.74, 6) is 1.05. The smallest absolute Gasteiger partial charge is 0.266 e. The highest BCUT2D eigenvalue weighted by atomic mass is 79.9. The van der Waals surface area contributed by atoms with Crippen molar-refractivity contribution in [2.24, 2.45) is 0 Å². The SMILES string of the molecule is Cc1n(CC(=O)N2CCC3(C)c4ccccc4N(Cc4ccccc4)C23)cc[n+]1CC(=O)c1ccccc1.[Br-]. The zero-order chi connectivity index (χ0) is 26.3. The highest BCUT2D eigenvalue weighted by Gasteiger charge is 2.55. The van der Waals surface area contributed by atoms with Crippen LogP contribution >= 0.6 is 0 Å². The number of nitrogens with zero attached hydrogens (tertiary/aromatic N) is 4. The first kappa shape index (κ1) is 26.9. The van der Waals surface area contributed by atoms with E-state index >= 15 is 0 Å². The lowest BCUT2D eigenvalue weighted by Gasteiger charge is -2.36. The molecule has 0 bridgehead atoms. The fraction of sp³-hybridized carbons (Fsp3) is 0.281. The van der Waals surface area contributed by atoms with E-state index in [-0.39, 0.29) is 53.3 Å². The Balaban J connectivity index is 0.00000308. The zero-order valence-corrected chi connectivity index (χ0v) is 23.9. The number of carbonyl (C=O) groups excluding carboxylic acids is 2. The number of Topliss-reactive ketones (excluding diaryl/α,β-unsaturated/α-hetero) is 1. The van der Waals surface area contributed by atoms with Crippen LogP contribution in [0.5, 0.6) is 0 Å². The number of hydrogen-bond acceptors (Lipinski definition) is 3. The van der Waals surface area contributed by atoms with E-state index in [2.05, 4.69) is 65.3 Å². The Labute approximate surface area is 240 Å². The number of para-hydroxylation sites is 1. The third kappa shape index (κ3) is 4.80. The molecule has 0 saturated carbocycles. The number of carbonyl (C=O) groups is 2. The van der Waals surface area contributed by atoms with Crippen molar-refractivity contribution in [2.75, 3.05) is 11.4 Å². The van der Waals surface area contributed by atoms with E-state index in [1.54, 1.807) is 0 Å². The maximum atomic E-state index is 13.9. The van der Waals surface area contributed by atoms with Crippen LogP contribution in [0.1, 0.15) is 40.7 Å². The van der Waals surface area contributed by atoms with Crippen molar-refractivity contribution in [3.63, 3.8) is 0 Å². The van der Waals surface area contributed by atoms with Gasteiger partial charge in [0, 0.05) is 36.7 Å². The Morgan fingerprint density at radius 3 is 2.36 bits per heavy atom. The molecule has 6 nitrogen and oxygen atoms in total. The number of anilines is 1. The molecule has 6 rings (SSSR count). The molecule has 0 spiro atoms. The lowest BCUT2D eigenvalue weighted by Crippen LogP contribution is -3.00. The Kier molecular flexibility index (Phi) is 7.45. The molecule has 1 aromatic heterocycles. The van der Waals surface area contributed by atoms with Crippen LogP contribution in [0.25, 0.3) is 0 Å². The minimum Gasteiger partial charge on any atom is -1.00 e. The predicted octanol–water partition coefficient (Wildman–Crippen LogP) is 1.51. The summed E-state index contributed by atoms with van der Waals surface area (Å²) in [6.45, 7) is 6.26. The predicted molar refractivity (Wildman–Crippen MR) is 147 cm³/mol. The Morgan fingerprint density at radius 1 is 0.949 bits per heavy atom. The third-order valence-electron chi connectivity index (χ3n) is 8.35. The molecule has 39 heavy (non-hydrogen) atoms. The summed E-state index contributed by atoms with van der Waals surface area (Å²) >= 11 is 0. The lowest BCUT2D eigenvalue weighted by atomic mass is 9.81. The Morgan fingerprint density at radius 2 is 1.62 bits per heavy atom. The Hall–Kier alpha value is -3.71. The molecule has 2 aliphatic rings. The summed E-state index contributed by atoms with van der Waals surface area (Å²) in [7, 11) is 0. The molecule has 7 heteroatoms. The van der Waals surface area contributed by atoms with Crippen LogP contribution in [-0.2, 0) is 29.8 Å².